The van der Waals surface area contributed by atoms with Crippen molar-refractivity contribution in [3.63, 3.8) is 0 Å². The topological polar surface area (TPSA) is 588 Å². The fraction of sp³-hybridized carbons (Fsp3) is 0.271. The normalized spacial score (nSPS) is 16.1. The maximum atomic E-state index is 11.9. The lowest BCUT2D eigenvalue weighted by Crippen LogP contribution is -2.55. The second kappa shape index (κ2) is 41.7. The minimum absolute atomic E-state index is 0.0427. The number of imide groups is 5. The Kier molecular flexibility index (Phi) is 33.1. The van der Waals surface area contributed by atoms with Crippen molar-refractivity contribution >= 4 is 192 Å². The third-order valence-electron chi connectivity index (χ3n) is 15.4. The van der Waals surface area contributed by atoms with Gasteiger partial charge in [0.25, 0.3) is 46.5 Å². The van der Waals surface area contributed by atoms with E-state index in [0.717, 1.165) is 37.7 Å². The number of barbiturate groups is 2. The van der Waals surface area contributed by atoms with E-state index in [1.807, 2.05) is 45.0 Å². The Morgan fingerprint density at radius 3 is 1.51 bits per heavy atom. The maximum Gasteiger partial charge on any atom is 0.337 e. The molecule has 7 aliphatic heterocycles. The van der Waals surface area contributed by atoms with Crippen LogP contribution in [0, 0.1) is 23.3 Å². The molecule has 7 aliphatic rings. The van der Waals surface area contributed by atoms with E-state index in [9.17, 15) is 94.7 Å². The number of carboxylic acid groups (broad SMARTS) is 5. The number of para-hydroxylation sites is 2. The van der Waals surface area contributed by atoms with Crippen molar-refractivity contribution in [2.75, 3.05) is 52.5 Å². The zero-order valence-electron chi connectivity index (χ0n) is 61.6. The highest BCUT2D eigenvalue weighted by Crippen LogP contribution is 2.32. The summed E-state index contributed by atoms with van der Waals surface area (Å²) in [5.74, 6) is -9.46. The number of hydrogen-bond donors (Lipinski definition) is 6. The number of allylic oxidation sites excluding steroid dienone is 1. The number of ether oxygens (including phenoxy) is 2. The molecule has 0 unspecified atom stereocenters. The average Bonchev–Trinajstić information content (AvgIpc) is 1.67. The van der Waals surface area contributed by atoms with Crippen LogP contribution in [0.3, 0.4) is 0 Å². The van der Waals surface area contributed by atoms with Crippen molar-refractivity contribution in [1.29, 1.82) is 5.26 Å². The molecule has 116 heavy (non-hydrogen) atoms. The quantitative estimate of drug-likeness (QED) is 0.0210. The molecule has 0 aliphatic carbocycles. The summed E-state index contributed by atoms with van der Waals surface area (Å²) in [5.41, 5.74) is 3.87. The van der Waals surface area contributed by atoms with Crippen LogP contribution in [0.25, 0.3) is 4.85 Å². The first kappa shape index (κ1) is 92.1. The Hall–Kier alpha value is -14.5. The number of nitrogens with zero attached hydrogens (tertiary/aromatic N) is 15. The van der Waals surface area contributed by atoms with Gasteiger partial charge in [-0.2, -0.15) is 28.6 Å². The molecule has 4 aromatic rings. The molecule has 0 atom stereocenters. The molecule has 11 rings (SSSR count). The Balaban J connectivity index is 0.000000243. The molecule has 3 saturated heterocycles. The standard InChI is InChI=1S/C14H16N2O3.C13H8N4O2.C11H10N2O3.C10H12N2O7.C10H8N2O6S.C7H8N2O5.C5H5NO2S2/c1-14(2,3)11-8-12(17)16(15-11)10-6-4-9(5-7-10)13(18)19;1-15-11(8-14)12-7-13(19-9-18)16-17(12)10-5-3-2-4-6-10;1-7-6-10(14)13(12-7)9-5-3-2-4-8(9)11(15)16;13-6-5-7(14)12(4-2-9(17)18)10(19)11(6)3-1-8(15)16;13-6-18-9-5-10(14)12(11-9)7-1-3-8(4-2-7)19(15,16)17;1-8-4(10)2-5(11)9(7(8)14)3-6(12)13;1-3(7)6-4(8)2-10-5(6)9/h4-7H,8H2,1-3H3,(H,18,19);2-6,9H,7H2;2-5H,6H2,1H3,(H,15,16);1-5H2,(H,15,16)(H,17,18);1-4,6H,5H2,(H,15,16,17);2-3H2,1H3,(H,12,13);2H2,1H3/b;12-11+;;;;;. The largest absolute Gasteiger partial charge is 0.481 e. The summed E-state index contributed by atoms with van der Waals surface area (Å²) in [7, 11) is -3.09. The van der Waals surface area contributed by atoms with Crippen LogP contribution >= 0.6 is 24.0 Å². The highest BCUT2D eigenvalue weighted by Gasteiger charge is 2.40. The molecule has 0 bridgehead atoms. The Bertz CT molecular complexity index is 4960. The third kappa shape index (κ3) is 25.8. The monoisotopic (exact) mass is 1660 g/mol. The van der Waals surface area contributed by atoms with E-state index in [2.05, 4.69) is 30.0 Å². The maximum absolute atomic E-state index is 11.9. The van der Waals surface area contributed by atoms with Crippen LogP contribution in [0.15, 0.2) is 140 Å². The number of thiocarbonyl (C=S) groups is 1. The highest BCUT2D eigenvalue weighted by molar-refractivity contribution is 8.24. The average molecular weight is 1660 g/mol. The summed E-state index contributed by atoms with van der Waals surface area (Å²) in [5, 5.41) is 73.3. The molecule has 7 heterocycles. The van der Waals surface area contributed by atoms with Gasteiger partial charge in [-0.1, -0.05) is 75.1 Å². The van der Waals surface area contributed by atoms with Gasteiger partial charge in [0.05, 0.1) is 101 Å². The van der Waals surface area contributed by atoms with Crippen molar-refractivity contribution in [2.24, 2.45) is 25.8 Å². The second-order valence-corrected chi connectivity index (χ2v) is 27.6. The number of carbonyl (C=O) groups is 18. The third-order valence-corrected chi connectivity index (χ3v) is 17.6. The first-order chi connectivity index (χ1) is 54.5. The van der Waals surface area contributed by atoms with Gasteiger partial charge in [0.15, 0.2) is 0 Å². The predicted octanol–water partition coefficient (Wildman–Crippen LogP) is 4.61. The fourth-order valence-corrected chi connectivity index (χ4v) is 11.4. The number of aromatic carboxylic acids is 2. The smallest absolute Gasteiger partial charge is 0.337 e. The van der Waals surface area contributed by atoms with E-state index in [4.69, 9.17) is 58.9 Å². The molecule has 4 aromatic carbocycles. The number of hydrogen-bond acceptors (Lipinski definition) is 30. The van der Waals surface area contributed by atoms with E-state index < -0.39 is 114 Å². The first-order valence-corrected chi connectivity index (χ1v) is 35.8. The number of anilines is 4. The van der Waals surface area contributed by atoms with Crippen LogP contribution in [0.1, 0.15) is 107 Å². The predicted molar refractivity (Wildman–Crippen MR) is 404 cm³/mol. The van der Waals surface area contributed by atoms with E-state index in [-0.39, 0.29) is 108 Å². The van der Waals surface area contributed by atoms with Crippen molar-refractivity contribution in [1.82, 2.24) is 24.5 Å². The summed E-state index contributed by atoms with van der Waals surface area (Å²) < 4.78 is 40.1. The van der Waals surface area contributed by atoms with Gasteiger partial charge in [-0.3, -0.25) is 91.3 Å². The zero-order chi connectivity index (χ0) is 86.8. The van der Waals surface area contributed by atoms with Crippen LogP contribution < -0.4 is 20.0 Å². The van der Waals surface area contributed by atoms with Crippen molar-refractivity contribution in [3.05, 3.63) is 137 Å². The number of nitriles is 1. The van der Waals surface area contributed by atoms with Gasteiger partial charge < -0.3 is 35.0 Å². The number of aliphatic carboxylic acids is 3. The lowest BCUT2D eigenvalue weighted by molar-refractivity contribution is -0.148. The molecule has 608 valence electrons. The molecule has 43 nitrogen and oxygen atoms in total. The first-order valence-electron chi connectivity index (χ1n) is 32.9. The number of urea groups is 2. The molecule has 0 radical (unpaired) electrons. The number of carbonyl (C=O) groups excluding carboxylic acids is 13. The van der Waals surface area contributed by atoms with Crippen molar-refractivity contribution in [3.8, 4) is 6.07 Å². The number of hydrazone groups is 4. The molecule has 6 N–H and O–H groups in total. The van der Waals surface area contributed by atoms with Crippen LogP contribution in [0.5, 0.6) is 0 Å². The summed E-state index contributed by atoms with van der Waals surface area (Å²) >= 11 is 5.97. The number of thioether (sulfide) groups is 1. The van der Waals surface area contributed by atoms with E-state index in [1.165, 1.54) is 66.1 Å². The lowest BCUT2D eigenvalue weighted by atomic mass is 9.88. The number of amides is 13. The molecule has 13 amide bonds. The Morgan fingerprint density at radius 1 is 0.586 bits per heavy atom. The number of benzene rings is 4. The van der Waals surface area contributed by atoms with Gasteiger partial charge in [0, 0.05) is 38.2 Å². The summed E-state index contributed by atoms with van der Waals surface area (Å²) in [4.78, 5) is 204. The van der Waals surface area contributed by atoms with Crippen LogP contribution in [-0.2, 0) is 86.7 Å². The molecule has 3 fully saturated rings. The summed E-state index contributed by atoms with van der Waals surface area (Å²) in [6, 6.07) is 26.3. The molecular formula is C70H67N15O28S3. The number of rotatable bonds is 17. The van der Waals surface area contributed by atoms with E-state index in [0.29, 0.717) is 65.4 Å². The molecular weight excluding hydrogens is 1600 g/mol. The minimum Gasteiger partial charge on any atom is -0.481 e. The van der Waals surface area contributed by atoms with Gasteiger partial charge >= 0.3 is 41.9 Å². The Labute approximate surface area is 665 Å². The van der Waals surface area contributed by atoms with Gasteiger partial charge in [-0.05, 0) is 79.7 Å². The Morgan fingerprint density at radius 2 is 1.07 bits per heavy atom. The van der Waals surface area contributed by atoms with Crippen LogP contribution in [0.4, 0.5) is 32.3 Å². The van der Waals surface area contributed by atoms with Crippen molar-refractivity contribution < 1.29 is 134 Å². The summed E-state index contributed by atoms with van der Waals surface area (Å²) in [6.45, 7) is 15.1. The van der Waals surface area contributed by atoms with Gasteiger partial charge in [0.2, 0.25) is 47.2 Å². The van der Waals surface area contributed by atoms with Gasteiger partial charge in [0.1, 0.15) is 30.1 Å². The molecule has 0 saturated carbocycles. The van der Waals surface area contributed by atoms with Crippen LogP contribution in [0.2, 0.25) is 0 Å². The summed E-state index contributed by atoms with van der Waals surface area (Å²) in [6.07, 6.45) is -1.35. The molecule has 0 spiro atoms. The zero-order valence-corrected chi connectivity index (χ0v) is 64.0. The van der Waals surface area contributed by atoms with Gasteiger partial charge in [-0.15, -0.1) is 10.2 Å². The molecule has 0 aromatic heterocycles. The number of carboxylic acids is 5. The van der Waals surface area contributed by atoms with Crippen molar-refractivity contribution in [2.45, 2.75) is 90.9 Å². The van der Waals surface area contributed by atoms with Gasteiger partial charge in [-0.25, -0.2) is 44.2 Å². The van der Waals surface area contributed by atoms with E-state index in [1.54, 1.807) is 49.4 Å². The fourth-order valence-electron chi connectivity index (χ4n) is 9.75. The highest BCUT2D eigenvalue weighted by atomic mass is 32.2. The lowest BCUT2D eigenvalue weighted by Gasteiger charge is -2.32. The van der Waals surface area contributed by atoms with Crippen LogP contribution in [-0.4, -0.2) is 231 Å². The van der Waals surface area contributed by atoms with E-state index >= 15 is 0 Å². The minimum atomic E-state index is -4.29. The molecule has 46 heteroatoms. The second-order valence-electron chi connectivity index (χ2n) is 24.6. The SMILES string of the molecule is CC(=O)N1C(=O)CSC1=S.CC(C)(C)C1=NN(c2ccc(C(=O)O)cc2)C(=O)C1.CC1=NN(c2ccccc2C(=O)O)C(=O)C1.CN1C(=O)CC(=O)N(CC(=O)O)C1=O.O=C(O)CCN1C(=O)CC(=O)N(CCC(=O)O)C1=O.O=COC1=NN(c2ccc(S(=O)(=O)O)cc2)C(=O)C1.[C-]#[N+]/C(C#N)=C1\CC(OC=O)=NN1c1ccccc1.